The molecule has 2 heterocycles. The zero-order chi connectivity index (χ0) is 22.5. The van der Waals surface area contributed by atoms with Crippen molar-refractivity contribution >= 4 is 50.9 Å². The summed E-state index contributed by atoms with van der Waals surface area (Å²) in [5.74, 6) is 0.581. The molecule has 0 spiro atoms. The molecular weight excluding hydrogens is 492 g/mol. The van der Waals surface area contributed by atoms with Crippen molar-refractivity contribution in [3.05, 3.63) is 87.5 Å². The van der Waals surface area contributed by atoms with Gasteiger partial charge in [-0.1, -0.05) is 45.7 Å². The van der Waals surface area contributed by atoms with E-state index in [1.54, 1.807) is 30.5 Å². The molecule has 32 heavy (non-hydrogen) atoms. The van der Waals surface area contributed by atoms with Crippen molar-refractivity contribution in [1.29, 1.82) is 0 Å². The number of carbonyl (C=O) groups is 2. The van der Waals surface area contributed by atoms with Crippen LogP contribution in [0.15, 0.2) is 71.3 Å². The fourth-order valence-electron chi connectivity index (χ4n) is 3.64. The first kappa shape index (κ1) is 22.3. The van der Waals surface area contributed by atoms with Crippen molar-refractivity contribution in [2.45, 2.75) is 6.42 Å². The number of hydrogen-bond donors (Lipinski definition) is 1. The van der Waals surface area contributed by atoms with Gasteiger partial charge < -0.3 is 15.1 Å². The number of carbonyl (C=O) groups excluding carboxylic acids is 2. The van der Waals surface area contributed by atoms with Crippen LogP contribution in [0.1, 0.15) is 27.1 Å². The Morgan fingerprint density at radius 2 is 1.81 bits per heavy atom. The topological polar surface area (TPSA) is 65.5 Å². The first-order chi connectivity index (χ1) is 15.5. The Kier molecular flexibility index (Phi) is 7.07. The Bertz CT molecular complexity index is 1120. The fourth-order valence-corrected chi connectivity index (χ4v) is 4.27. The van der Waals surface area contributed by atoms with Gasteiger partial charge >= 0.3 is 0 Å². The van der Waals surface area contributed by atoms with E-state index in [0.717, 1.165) is 23.3 Å². The predicted octanol–water partition coefficient (Wildman–Crippen LogP) is 5.10. The Balaban J connectivity index is 1.38. The zero-order valence-electron chi connectivity index (χ0n) is 17.3. The first-order valence-corrected chi connectivity index (χ1v) is 11.5. The summed E-state index contributed by atoms with van der Waals surface area (Å²) < 4.78 is 0.894. The fraction of sp³-hybridized carbons (Fsp3) is 0.208. The lowest BCUT2D eigenvalue weighted by atomic mass is 10.2. The van der Waals surface area contributed by atoms with Crippen LogP contribution in [0.2, 0.25) is 5.02 Å². The largest absolute Gasteiger partial charge is 0.355 e. The molecule has 6 nitrogen and oxygen atoms in total. The number of nitrogens with zero attached hydrogens (tertiary/aromatic N) is 3. The van der Waals surface area contributed by atoms with Gasteiger partial charge in [0.1, 0.15) is 5.82 Å². The van der Waals surface area contributed by atoms with Crippen molar-refractivity contribution in [3.8, 4) is 0 Å². The normalized spacial score (nSPS) is 14.1. The molecule has 3 aromatic rings. The minimum Gasteiger partial charge on any atom is -0.355 e. The summed E-state index contributed by atoms with van der Waals surface area (Å²) in [6.07, 6.45) is 2.49. The van der Waals surface area contributed by atoms with Crippen LogP contribution in [0.3, 0.4) is 0 Å². The number of anilines is 2. The summed E-state index contributed by atoms with van der Waals surface area (Å²) >= 11 is 9.52. The van der Waals surface area contributed by atoms with E-state index in [9.17, 15) is 9.59 Å². The molecule has 1 N–H and O–H groups in total. The van der Waals surface area contributed by atoms with Gasteiger partial charge in [0.05, 0.1) is 22.5 Å². The first-order valence-electron chi connectivity index (χ1n) is 10.3. The zero-order valence-corrected chi connectivity index (χ0v) is 19.6. The van der Waals surface area contributed by atoms with E-state index in [-0.39, 0.29) is 11.8 Å². The molecule has 1 aromatic heterocycles. The Hall–Kier alpha value is -2.90. The summed E-state index contributed by atoms with van der Waals surface area (Å²) in [6, 6.07) is 18.1. The molecule has 2 aromatic carbocycles. The lowest BCUT2D eigenvalue weighted by Crippen LogP contribution is -2.35. The van der Waals surface area contributed by atoms with Crippen LogP contribution >= 0.6 is 27.5 Å². The molecule has 1 saturated heterocycles. The summed E-state index contributed by atoms with van der Waals surface area (Å²) in [5, 5.41) is 3.23. The van der Waals surface area contributed by atoms with Gasteiger partial charge in [0.2, 0.25) is 0 Å². The Labute approximate surface area is 200 Å². The predicted molar refractivity (Wildman–Crippen MR) is 131 cm³/mol. The van der Waals surface area contributed by atoms with Crippen molar-refractivity contribution in [1.82, 2.24) is 9.88 Å². The summed E-state index contributed by atoms with van der Waals surface area (Å²) in [6.45, 7) is 2.82. The van der Waals surface area contributed by atoms with E-state index in [1.165, 1.54) is 0 Å². The molecule has 0 unspecified atom stereocenters. The van der Waals surface area contributed by atoms with E-state index in [2.05, 4.69) is 31.1 Å². The number of aromatic nitrogens is 1. The second kappa shape index (κ2) is 10.1. The number of nitrogens with one attached hydrogen (secondary N) is 1. The third-order valence-electron chi connectivity index (χ3n) is 5.30. The van der Waals surface area contributed by atoms with Crippen molar-refractivity contribution in [3.63, 3.8) is 0 Å². The average Bonchev–Trinajstić information content (AvgIpc) is 3.06. The maximum absolute atomic E-state index is 12.9. The molecule has 8 heteroatoms. The van der Waals surface area contributed by atoms with Crippen molar-refractivity contribution < 1.29 is 9.59 Å². The lowest BCUT2D eigenvalue weighted by molar-refractivity contribution is 0.0766. The minimum absolute atomic E-state index is 0.0405. The molecule has 1 aliphatic rings. The highest BCUT2D eigenvalue weighted by Crippen LogP contribution is 2.20. The van der Waals surface area contributed by atoms with Gasteiger partial charge in [-0.15, -0.1) is 0 Å². The number of amides is 2. The Morgan fingerprint density at radius 1 is 0.969 bits per heavy atom. The number of halogens is 2. The highest BCUT2D eigenvalue weighted by atomic mass is 79.9. The van der Waals surface area contributed by atoms with E-state index >= 15 is 0 Å². The molecule has 0 radical (unpaired) electrons. The van der Waals surface area contributed by atoms with Crippen LogP contribution in [0.5, 0.6) is 0 Å². The third-order valence-corrected chi connectivity index (χ3v) is 6.13. The average molecular weight is 514 g/mol. The van der Waals surface area contributed by atoms with Gasteiger partial charge in [-0.05, 0) is 48.9 Å². The molecule has 1 aliphatic heterocycles. The Morgan fingerprint density at radius 3 is 2.56 bits per heavy atom. The number of pyridine rings is 1. The number of benzene rings is 2. The number of hydrogen-bond acceptors (Lipinski definition) is 4. The standard InChI is InChI=1S/C24H22BrClN4O2/c25-18-6-3-5-17(15-18)24(32)30-12-4-11-29(13-14-30)22-10-9-19(16-27-22)28-23(31)20-7-1-2-8-21(20)26/h1-3,5-10,15-16H,4,11-14H2,(H,28,31). The maximum Gasteiger partial charge on any atom is 0.257 e. The summed E-state index contributed by atoms with van der Waals surface area (Å²) in [5.41, 5.74) is 1.70. The monoisotopic (exact) mass is 512 g/mol. The van der Waals surface area contributed by atoms with Crippen LogP contribution in [-0.4, -0.2) is 47.9 Å². The quantitative estimate of drug-likeness (QED) is 0.527. The van der Waals surface area contributed by atoms with Crippen LogP contribution in [-0.2, 0) is 0 Å². The van der Waals surface area contributed by atoms with Crippen LogP contribution in [0.25, 0.3) is 0 Å². The molecule has 164 valence electrons. The molecule has 4 rings (SSSR count). The van der Waals surface area contributed by atoms with Gasteiger partial charge in [-0.25, -0.2) is 4.98 Å². The molecule has 0 saturated carbocycles. The van der Waals surface area contributed by atoms with Gasteiger partial charge in [-0.2, -0.15) is 0 Å². The molecule has 0 atom stereocenters. The van der Waals surface area contributed by atoms with E-state index in [1.807, 2.05) is 41.3 Å². The van der Waals surface area contributed by atoms with Crippen LogP contribution in [0.4, 0.5) is 11.5 Å². The van der Waals surface area contributed by atoms with Crippen molar-refractivity contribution in [2.75, 3.05) is 36.4 Å². The van der Waals surface area contributed by atoms with Gasteiger partial charge in [0.15, 0.2) is 0 Å². The highest BCUT2D eigenvalue weighted by molar-refractivity contribution is 9.10. The SMILES string of the molecule is O=C(Nc1ccc(N2CCCN(C(=O)c3cccc(Br)c3)CC2)nc1)c1ccccc1Cl. The van der Waals surface area contributed by atoms with E-state index < -0.39 is 0 Å². The highest BCUT2D eigenvalue weighted by Gasteiger charge is 2.21. The second-order valence-electron chi connectivity index (χ2n) is 7.48. The lowest BCUT2D eigenvalue weighted by Gasteiger charge is -2.23. The van der Waals surface area contributed by atoms with Gasteiger partial charge in [0.25, 0.3) is 11.8 Å². The van der Waals surface area contributed by atoms with Crippen molar-refractivity contribution in [2.24, 2.45) is 0 Å². The van der Waals surface area contributed by atoms with Crippen LogP contribution < -0.4 is 10.2 Å². The smallest absolute Gasteiger partial charge is 0.257 e. The maximum atomic E-state index is 12.9. The summed E-state index contributed by atoms with van der Waals surface area (Å²) in [7, 11) is 0. The van der Waals surface area contributed by atoms with E-state index in [0.29, 0.717) is 41.5 Å². The van der Waals surface area contributed by atoms with Crippen LogP contribution in [0, 0.1) is 0 Å². The summed E-state index contributed by atoms with van der Waals surface area (Å²) in [4.78, 5) is 33.9. The molecule has 0 bridgehead atoms. The van der Waals surface area contributed by atoms with Gasteiger partial charge in [0, 0.05) is 36.2 Å². The third kappa shape index (κ3) is 5.29. The number of rotatable bonds is 4. The second-order valence-corrected chi connectivity index (χ2v) is 8.81. The molecule has 2 amide bonds. The van der Waals surface area contributed by atoms with Gasteiger partial charge in [-0.3, -0.25) is 9.59 Å². The van der Waals surface area contributed by atoms with E-state index in [4.69, 9.17) is 11.6 Å². The minimum atomic E-state index is -0.276. The molecule has 0 aliphatic carbocycles. The molecular formula is C24H22BrClN4O2. The molecule has 1 fully saturated rings.